The van der Waals surface area contributed by atoms with Crippen molar-refractivity contribution in [2.75, 3.05) is 11.4 Å². The molecule has 5 rings (SSSR count). The Bertz CT molecular complexity index is 1020. The zero-order chi connectivity index (χ0) is 16.6. The number of nitrogens with zero attached hydrogens (tertiary/aromatic N) is 3. The van der Waals surface area contributed by atoms with Crippen molar-refractivity contribution in [3.05, 3.63) is 77.9 Å². The monoisotopic (exact) mass is 326 g/mol. The minimum atomic E-state index is 0.820. The number of rotatable bonds is 2. The third-order valence-corrected chi connectivity index (χ3v) is 4.82. The number of imidazole rings is 1. The summed E-state index contributed by atoms with van der Waals surface area (Å²) in [5.41, 5.74) is 5.73. The Hall–Kier alpha value is -3.14. The second kappa shape index (κ2) is 5.74. The molecule has 4 heteroatoms. The lowest BCUT2D eigenvalue weighted by atomic mass is 10.00. The first-order valence-electron chi connectivity index (χ1n) is 8.61. The van der Waals surface area contributed by atoms with E-state index in [0.717, 1.165) is 47.9 Å². The number of pyridine rings is 1. The average Bonchev–Trinajstić information content (AvgIpc) is 3.12. The number of hydrogen-bond donors (Lipinski definition) is 1. The minimum Gasteiger partial charge on any atom is -0.352 e. The molecule has 0 saturated heterocycles. The lowest BCUT2D eigenvalue weighted by Crippen LogP contribution is -2.30. The van der Waals surface area contributed by atoms with E-state index in [0.29, 0.717) is 0 Å². The highest BCUT2D eigenvalue weighted by atomic mass is 15.2. The van der Waals surface area contributed by atoms with Gasteiger partial charge in [0.15, 0.2) is 5.82 Å². The number of benzene rings is 2. The predicted octanol–water partition coefficient (Wildman–Crippen LogP) is 4.19. The van der Waals surface area contributed by atoms with Crippen molar-refractivity contribution in [1.82, 2.24) is 15.0 Å². The fraction of sp³-hybridized carbons (Fsp3) is 0.143. The molecule has 0 bridgehead atoms. The molecule has 4 aromatic rings. The highest BCUT2D eigenvalue weighted by molar-refractivity contribution is 5.78. The van der Waals surface area contributed by atoms with Crippen molar-refractivity contribution in [2.45, 2.75) is 13.0 Å². The van der Waals surface area contributed by atoms with Crippen molar-refractivity contribution in [1.29, 1.82) is 0 Å². The molecule has 0 spiro atoms. The van der Waals surface area contributed by atoms with Crippen LogP contribution in [0.15, 0.2) is 66.7 Å². The smallest absolute Gasteiger partial charge is 0.157 e. The lowest BCUT2D eigenvalue weighted by molar-refractivity contribution is 0.721. The fourth-order valence-corrected chi connectivity index (χ4v) is 3.50. The van der Waals surface area contributed by atoms with Gasteiger partial charge in [-0.25, -0.2) is 9.97 Å². The summed E-state index contributed by atoms with van der Waals surface area (Å²) < 4.78 is 0. The van der Waals surface area contributed by atoms with Crippen molar-refractivity contribution < 1.29 is 0 Å². The van der Waals surface area contributed by atoms with Crippen LogP contribution in [0.25, 0.3) is 22.6 Å². The third kappa shape index (κ3) is 2.56. The summed E-state index contributed by atoms with van der Waals surface area (Å²) in [6, 6.07) is 22.9. The normalized spacial score (nSPS) is 13.8. The summed E-state index contributed by atoms with van der Waals surface area (Å²) in [7, 11) is 0. The number of para-hydroxylation sites is 2. The Labute approximate surface area is 146 Å². The molecule has 2 aromatic heterocycles. The van der Waals surface area contributed by atoms with Gasteiger partial charge in [-0.15, -0.1) is 0 Å². The topological polar surface area (TPSA) is 44.8 Å². The van der Waals surface area contributed by atoms with Crippen LogP contribution >= 0.6 is 0 Å². The average molecular weight is 326 g/mol. The van der Waals surface area contributed by atoms with Gasteiger partial charge in [-0.2, -0.15) is 0 Å². The first-order valence-corrected chi connectivity index (χ1v) is 8.61. The van der Waals surface area contributed by atoms with Crippen molar-refractivity contribution in [3.63, 3.8) is 0 Å². The maximum atomic E-state index is 4.87. The van der Waals surface area contributed by atoms with E-state index in [1.807, 2.05) is 30.3 Å². The van der Waals surface area contributed by atoms with Crippen LogP contribution in [-0.4, -0.2) is 21.5 Å². The summed E-state index contributed by atoms with van der Waals surface area (Å²) in [6.07, 6.45) is 1.06. The van der Waals surface area contributed by atoms with E-state index in [4.69, 9.17) is 4.98 Å². The predicted molar refractivity (Wildman–Crippen MR) is 101 cm³/mol. The molecule has 0 saturated carbocycles. The van der Waals surface area contributed by atoms with E-state index in [9.17, 15) is 0 Å². The summed E-state index contributed by atoms with van der Waals surface area (Å²) in [4.78, 5) is 15.2. The van der Waals surface area contributed by atoms with Crippen molar-refractivity contribution in [2.24, 2.45) is 0 Å². The van der Waals surface area contributed by atoms with E-state index >= 15 is 0 Å². The molecule has 25 heavy (non-hydrogen) atoms. The number of aromatic nitrogens is 3. The Morgan fingerprint density at radius 3 is 2.56 bits per heavy atom. The standard InChI is InChI=1S/C21H18N4/c1-2-7-16-14-25(13-12-15(16)6-1)20-11-5-10-19(22-20)21-23-17-8-3-4-9-18(17)24-21/h1-11H,12-14H2,(H,23,24). The Morgan fingerprint density at radius 1 is 0.800 bits per heavy atom. The fourth-order valence-electron chi connectivity index (χ4n) is 3.50. The van der Waals surface area contributed by atoms with Crippen LogP contribution in [0.4, 0.5) is 5.82 Å². The maximum Gasteiger partial charge on any atom is 0.157 e. The Morgan fingerprint density at radius 2 is 1.64 bits per heavy atom. The maximum absolute atomic E-state index is 4.87. The SMILES string of the molecule is c1cc(-c2nc3ccccc3[nH]2)nc(N2CCc3ccccc3C2)c1. The van der Waals surface area contributed by atoms with Crippen LogP contribution in [0.2, 0.25) is 0 Å². The number of nitrogens with one attached hydrogen (secondary N) is 1. The van der Waals surface area contributed by atoms with Gasteiger partial charge in [0.05, 0.1) is 11.0 Å². The molecule has 2 aromatic carbocycles. The Balaban J connectivity index is 1.49. The van der Waals surface area contributed by atoms with Gasteiger partial charge < -0.3 is 9.88 Å². The van der Waals surface area contributed by atoms with Gasteiger partial charge in [0, 0.05) is 13.1 Å². The molecule has 122 valence electrons. The van der Waals surface area contributed by atoms with E-state index in [-0.39, 0.29) is 0 Å². The van der Waals surface area contributed by atoms with E-state index in [2.05, 4.69) is 51.3 Å². The zero-order valence-corrected chi connectivity index (χ0v) is 13.8. The zero-order valence-electron chi connectivity index (χ0n) is 13.8. The van der Waals surface area contributed by atoms with Gasteiger partial charge in [0.2, 0.25) is 0 Å². The van der Waals surface area contributed by atoms with Gasteiger partial charge in [0.25, 0.3) is 0 Å². The third-order valence-electron chi connectivity index (χ3n) is 4.82. The Kier molecular flexibility index (Phi) is 3.27. The van der Waals surface area contributed by atoms with Gasteiger partial charge in [-0.1, -0.05) is 42.5 Å². The van der Waals surface area contributed by atoms with Crippen LogP contribution in [0.5, 0.6) is 0 Å². The van der Waals surface area contributed by atoms with Crippen LogP contribution in [0.1, 0.15) is 11.1 Å². The number of aromatic amines is 1. The molecule has 1 N–H and O–H groups in total. The molecule has 0 fully saturated rings. The van der Waals surface area contributed by atoms with E-state index in [1.165, 1.54) is 11.1 Å². The van der Waals surface area contributed by atoms with Gasteiger partial charge in [0.1, 0.15) is 11.5 Å². The first kappa shape index (κ1) is 14.2. The second-order valence-corrected chi connectivity index (χ2v) is 6.42. The van der Waals surface area contributed by atoms with Crippen LogP contribution < -0.4 is 4.90 Å². The number of H-pyrrole nitrogens is 1. The molecular formula is C21H18N4. The first-order chi connectivity index (χ1) is 12.4. The molecule has 0 radical (unpaired) electrons. The van der Waals surface area contributed by atoms with Crippen molar-refractivity contribution >= 4 is 16.9 Å². The number of hydrogen-bond acceptors (Lipinski definition) is 3. The van der Waals surface area contributed by atoms with Crippen LogP contribution in [0, 0.1) is 0 Å². The van der Waals surface area contributed by atoms with Crippen molar-refractivity contribution in [3.8, 4) is 11.5 Å². The van der Waals surface area contributed by atoms with E-state index < -0.39 is 0 Å². The van der Waals surface area contributed by atoms with E-state index in [1.54, 1.807) is 0 Å². The molecule has 0 unspecified atom stereocenters. The largest absolute Gasteiger partial charge is 0.352 e. The molecule has 4 nitrogen and oxygen atoms in total. The lowest BCUT2D eigenvalue weighted by Gasteiger charge is -2.29. The summed E-state index contributed by atoms with van der Waals surface area (Å²) in [5, 5.41) is 0. The summed E-state index contributed by atoms with van der Waals surface area (Å²) in [6.45, 7) is 1.90. The minimum absolute atomic E-state index is 0.820. The van der Waals surface area contributed by atoms with Crippen LogP contribution in [0.3, 0.4) is 0 Å². The molecule has 0 aliphatic carbocycles. The van der Waals surface area contributed by atoms with Gasteiger partial charge in [-0.3, -0.25) is 0 Å². The molecule has 1 aliphatic rings. The highest BCUT2D eigenvalue weighted by Gasteiger charge is 2.17. The molecular weight excluding hydrogens is 308 g/mol. The molecule has 3 heterocycles. The summed E-state index contributed by atoms with van der Waals surface area (Å²) >= 11 is 0. The number of fused-ring (bicyclic) bond motifs is 2. The highest BCUT2D eigenvalue weighted by Crippen LogP contribution is 2.25. The second-order valence-electron chi connectivity index (χ2n) is 6.42. The van der Waals surface area contributed by atoms with Crippen LogP contribution in [-0.2, 0) is 13.0 Å². The van der Waals surface area contributed by atoms with Gasteiger partial charge in [-0.05, 0) is 41.8 Å². The number of anilines is 1. The quantitative estimate of drug-likeness (QED) is 0.601. The molecule has 0 amide bonds. The molecule has 1 aliphatic heterocycles. The summed E-state index contributed by atoms with van der Waals surface area (Å²) in [5.74, 6) is 1.83. The van der Waals surface area contributed by atoms with Gasteiger partial charge >= 0.3 is 0 Å². The molecule has 0 atom stereocenters.